The molecule has 1 aromatic carbocycles. The third kappa shape index (κ3) is 2.62. The van der Waals surface area contributed by atoms with Gasteiger partial charge in [-0.1, -0.05) is 31.6 Å². The molecule has 2 bridgehead atoms. The summed E-state index contributed by atoms with van der Waals surface area (Å²) in [6.45, 7) is 5.19. The first-order chi connectivity index (χ1) is 11.5. The predicted molar refractivity (Wildman–Crippen MR) is 89.2 cm³/mol. The van der Waals surface area contributed by atoms with Crippen LogP contribution < -0.4 is 0 Å². The number of nitrogens with zero attached hydrogens (tertiary/aromatic N) is 2. The minimum atomic E-state index is -0.201. The zero-order valence-electron chi connectivity index (χ0n) is 14.1. The van der Waals surface area contributed by atoms with Crippen molar-refractivity contribution in [2.75, 3.05) is 6.61 Å². The highest BCUT2D eigenvalue weighted by molar-refractivity contribution is 5.77. The van der Waals surface area contributed by atoms with Crippen LogP contribution in [0.15, 0.2) is 34.5 Å². The van der Waals surface area contributed by atoms with Crippen LogP contribution >= 0.6 is 0 Å². The van der Waals surface area contributed by atoms with Crippen LogP contribution in [0.2, 0.25) is 0 Å². The standard InChI is InChI=1S/C19H22N2O3/c1-19(2)14-5-4-13(15(19)11-14)7-8-23-18(22)10-12-3-6-16-17(9-12)21-24-20-16/h3-4,6,9,14-15H,5,7-8,10-11H2,1-2H3/t14-,15-/m0/s1. The lowest BCUT2D eigenvalue weighted by Gasteiger charge is -2.56. The van der Waals surface area contributed by atoms with E-state index in [-0.39, 0.29) is 12.4 Å². The molecule has 3 aliphatic carbocycles. The van der Waals surface area contributed by atoms with Gasteiger partial charge in [-0.2, -0.15) is 0 Å². The highest BCUT2D eigenvalue weighted by Gasteiger charge is 2.50. The second kappa shape index (κ2) is 5.72. The van der Waals surface area contributed by atoms with Crippen LogP contribution in [0.4, 0.5) is 0 Å². The summed E-state index contributed by atoms with van der Waals surface area (Å²) in [5, 5.41) is 7.54. The SMILES string of the molecule is CC1(C)[C@H]2CC=C(CCOC(=O)Cc3ccc4nonc4c3)[C@@H]1C2. The summed E-state index contributed by atoms with van der Waals surface area (Å²) in [7, 11) is 0. The van der Waals surface area contributed by atoms with E-state index in [2.05, 4.69) is 34.9 Å². The van der Waals surface area contributed by atoms with E-state index in [0.29, 0.717) is 29.0 Å². The van der Waals surface area contributed by atoms with Crippen molar-refractivity contribution in [3.8, 4) is 0 Å². The van der Waals surface area contributed by atoms with Crippen molar-refractivity contribution in [2.45, 2.75) is 39.5 Å². The molecule has 2 atom stereocenters. The Morgan fingerprint density at radius 1 is 1.33 bits per heavy atom. The third-order valence-corrected chi connectivity index (χ3v) is 5.90. The number of benzene rings is 1. The molecule has 1 aromatic heterocycles. The Morgan fingerprint density at radius 2 is 2.17 bits per heavy atom. The summed E-state index contributed by atoms with van der Waals surface area (Å²) in [6, 6.07) is 5.47. The number of ether oxygens (including phenoxy) is 1. The van der Waals surface area contributed by atoms with Crippen LogP contribution in [0.1, 0.15) is 38.7 Å². The van der Waals surface area contributed by atoms with E-state index in [1.165, 1.54) is 18.4 Å². The number of allylic oxidation sites excluding steroid dienone is 1. The summed E-state index contributed by atoms with van der Waals surface area (Å²) in [6.07, 6.45) is 5.96. The van der Waals surface area contributed by atoms with Gasteiger partial charge in [0.25, 0.3) is 0 Å². The van der Waals surface area contributed by atoms with Crippen LogP contribution in [0.3, 0.4) is 0 Å². The van der Waals surface area contributed by atoms with Gasteiger partial charge in [0.2, 0.25) is 0 Å². The lowest BCUT2D eigenvalue weighted by atomic mass is 9.48. The number of hydrogen-bond donors (Lipinski definition) is 0. The average molecular weight is 326 g/mol. The number of esters is 1. The lowest BCUT2D eigenvalue weighted by molar-refractivity contribution is -0.142. The van der Waals surface area contributed by atoms with Crippen LogP contribution in [-0.2, 0) is 16.0 Å². The molecule has 0 N–H and O–H groups in total. The van der Waals surface area contributed by atoms with Gasteiger partial charge in [0.1, 0.15) is 11.0 Å². The van der Waals surface area contributed by atoms with Gasteiger partial charge in [-0.05, 0) is 58.1 Å². The van der Waals surface area contributed by atoms with E-state index in [4.69, 9.17) is 4.74 Å². The second-order valence-corrected chi connectivity index (χ2v) is 7.56. The topological polar surface area (TPSA) is 65.2 Å². The summed E-state index contributed by atoms with van der Waals surface area (Å²) < 4.78 is 10.1. The Labute approximate surface area is 141 Å². The molecule has 1 heterocycles. The van der Waals surface area contributed by atoms with Crippen LogP contribution in [0.5, 0.6) is 0 Å². The van der Waals surface area contributed by atoms with Gasteiger partial charge >= 0.3 is 5.97 Å². The number of rotatable bonds is 5. The van der Waals surface area contributed by atoms with Crippen molar-refractivity contribution < 1.29 is 14.2 Å². The maximum absolute atomic E-state index is 12.0. The Balaban J connectivity index is 1.28. The predicted octanol–water partition coefficient (Wildman–Crippen LogP) is 3.69. The van der Waals surface area contributed by atoms with E-state index in [1.54, 1.807) is 6.07 Å². The fraction of sp³-hybridized carbons (Fsp3) is 0.526. The van der Waals surface area contributed by atoms with Gasteiger partial charge in [0.15, 0.2) is 0 Å². The van der Waals surface area contributed by atoms with E-state index < -0.39 is 0 Å². The van der Waals surface area contributed by atoms with Crippen molar-refractivity contribution >= 4 is 17.0 Å². The number of hydrogen-bond acceptors (Lipinski definition) is 5. The van der Waals surface area contributed by atoms with Gasteiger partial charge < -0.3 is 4.74 Å². The summed E-state index contributed by atoms with van der Waals surface area (Å²) in [5.74, 6) is 1.32. The van der Waals surface area contributed by atoms with Gasteiger partial charge in [-0.25, -0.2) is 4.63 Å². The van der Waals surface area contributed by atoms with Gasteiger partial charge in [-0.3, -0.25) is 4.79 Å². The molecule has 1 saturated carbocycles. The van der Waals surface area contributed by atoms with Crippen molar-refractivity contribution in [3.63, 3.8) is 0 Å². The van der Waals surface area contributed by atoms with Gasteiger partial charge in [-0.15, -0.1) is 0 Å². The Kier molecular flexibility index (Phi) is 3.66. The maximum Gasteiger partial charge on any atom is 0.310 e. The second-order valence-electron chi connectivity index (χ2n) is 7.56. The Bertz CT molecular complexity index is 806. The van der Waals surface area contributed by atoms with E-state index in [0.717, 1.165) is 17.9 Å². The minimum Gasteiger partial charge on any atom is -0.465 e. The van der Waals surface area contributed by atoms with E-state index in [9.17, 15) is 4.79 Å². The molecule has 0 spiro atoms. The highest BCUT2D eigenvalue weighted by atomic mass is 16.6. The number of carbonyl (C=O) groups excluding carboxylic acids is 1. The molecule has 126 valence electrons. The zero-order valence-corrected chi connectivity index (χ0v) is 14.1. The monoisotopic (exact) mass is 326 g/mol. The molecule has 0 radical (unpaired) electrons. The average Bonchev–Trinajstić information content (AvgIpc) is 3.02. The van der Waals surface area contributed by atoms with E-state index in [1.807, 2.05) is 12.1 Å². The molecular formula is C19H22N2O3. The zero-order chi connectivity index (χ0) is 16.7. The molecule has 3 aliphatic rings. The van der Waals surface area contributed by atoms with E-state index >= 15 is 0 Å². The van der Waals surface area contributed by atoms with Gasteiger partial charge in [0, 0.05) is 6.42 Å². The number of aromatic nitrogens is 2. The molecule has 1 fully saturated rings. The van der Waals surface area contributed by atoms with Gasteiger partial charge in [0.05, 0.1) is 13.0 Å². The summed E-state index contributed by atoms with van der Waals surface area (Å²) >= 11 is 0. The van der Waals surface area contributed by atoms with Crippen molar-refractivity contribution in [1.29, 1.82) is 0 Å². The molecule has 5 heteroatoms. The van der Waals surface area contributed by atoms with Crippen molar-refractivity contribution in [2.24, 2.45) is 17.3 Å². The molecule has 5 rings (SSSR count). The van der Waals surface area contributed by atoms with Crippen molar-refractivity contribution in [3.05, 3.63) is 35.4 Å². The summed E-state index contributed by atoms with van der Waals surface area (Å²) in [4.78, 5) is 12.0. The van der Waals surface area contributed by atoms with Crippen molar-refractivity contribution in [1.82, 2.24) is 10.3 Å². The molecule has 0 aliphatic heterocycles. The highest BCUT2D eigenvalue weighted by Crippen LogP contribution is 2.59. The Morgan fingerprint density at radius 3 is 2.96 bits per heavy atom. The molecule has 24 heavy (non-hydrogen) atoms. The molecule has 2 aromatic rings. The first-order valence-corrected chi connectivity index (χ1v) is 8.60. The number of carbonyl (C=O) groups is 1. The molecule has 0 saturated heterocycles. The van der Waals surface area contributed by atoms with Crippen LogP contribution in [0, 0.1) is 17.3 Å². The quantitative estimate of drug-likeness (QED) is 0.619. The summed E-state index contributed by atoms with van der Waals surface area (Å²) in [5.41, 5.74) is 4.12. The first-order valence-electron chi connectivity index (χ1n) is 8.60. The fourth-order valence-corrected chi connectivity index (χ4v) is 4.20. The molecule has 5 nitrogen and oxygen atoms in total. The maximum atomic E-state index is 12.0. The number of fused-ring (bicyclic) bond motifs is 2. The van der Waals surface area contributed by atoms with Crippen LogP contribution in [0.25, 0.3) is 11.0 Å². The van der Waals surface area contributed by atoms with Crippen LogP contribution in [-0.4, -0.2) is 22.9 Å². The third-order valence-electron chi connectivity index (χ3n) is 5.90. The normalized spacial score (nSPS) is 24.3. The fourth-order valence-electron chi connectivity index (χ4n) is 4.20. The minimum absolute atomic E-state index is 0.201. The molecule has 0 unspecified atom stereocenters. The molecule has 0 amide bonds. The lowest BCUT2D eigenvalue weighted by Crippen LogP contribution is -2.48. The largest absolute Gasteiger partial charge is 0.465 e. The Hall–Kier alpha value is -2.17. The first kappa shape index (κ1) is 15.4. The molecular weight excluding hydrogens is 304 g/mol. The smallest absolute Gasteiger partial charge is 0.310 e.